The standard InChI is InChI=1S/C20H22N2OS2.ClH/c23-20(15-24-14-13-21-11-5-6-12-21)22-16-7-1-3-9-18(16)25-19-10-4-2-8-17(19)22;/h1-4,7-10H,5-6,11-15H2;1H. The second kappa shape index (κ2) is 9.18. The van der Waals surface area contributed by atoms with Crippen LogP contribution in [0.2, 0.25) is 0 Å². The Morgan fingerprint density at radius 3 is 2.15 bits per heavy atom. The zero-order valence-corrected chi connectivity index (χ0v) is 17.0. The molecule has 0 unspecified atom stereocenters. The molecule has 0 N–H and O–H groups in total. The fraction of sp³-hybridized carbons (Fsp3) is 0.350. The van der Waals surface area contributed by atoms with Gasteiger partial charge in [-0.3, -0.25) is 9.69 Å². The van der Waals surface area contributed by atoms with E-state index >= 15 is 0 Å². The third-order valence-corrected chi connectivity index (χ3v) is 6.71. The number of likely N-dealkylation sites (tertiary alicyclic amines) is 1. The van der Waals surface area contributed by atoms with Crippen molar-refractivity contribution in [3.05, 3.63) is 48.5 Å². The number of rotatable bonds is 5. The van der Waals surface area contributed by atoms with E-state index in [0.717, 1.165) is 33.5 Å². The van der Waals surface area contributed by atoms with Gasteiger partial charge in [-0.2, -0.15) is 11.8 Å². The largest absolute Gasteiger partial charge is 0.303 e. The summed E-state index contributed by atoms with van der Waals surface area (Å²) in [4.78, 5) is 19.7. The summed E-state index contributed by atoms with van der Waals surface area (Å²) in [6, 6.07) is 16.4. The van der Waals surface area contributed by atoms with Crippen LogP contribution in [-0.2, 0) is 4.79 Å². The zero-order chi connectivity index (χ0) is 17.1. The molecule has 138 valence electrons. The van der Waals surface area contributed by atoms with E-state index in [1.807, 2.05) is 41.3 Å². The fourth-order valence-corrected chi connectivity index (χ4v) is 5.29. The molecule has 0 radical (unpaired) electrons. The first-order valence-electron chi connectivity index (χ1n) is 8.82. The van der Waals surface area contributed by atoms with Crippen LogP contribution >= 0.6 is 35.9 Å². The highest BCUT2D eigenvalue weighted by atomic mass is 35.5. The van der Waals surface area contributed by atoms with Crippen molar-refractivity contribution in [3.63, 3.8) is 0 Å². The minimum Gasteiger partial charge on any atom is -0.303 e. The number of fused-ring (bicyclic) bond motifs is 2. The van der Waals surface area contributed by atoms with E-state index in [-0.39, 0.29) is 18.3 Å². The molecule has 0 aromatic heterocycles. The Labute approximate surface area is 169 Å². The molecular formula is C20H23ClN2OS2. The van der Waals surface area contributed by atoms with Crippen LogP contribution in [0.15, 0.2) is 58.3 Å². The van der Waals surface area contributed by atoms with Crippen LogP contribution in [0.3, 0.4) is 0 Å². The van der Waals surface area contributed by atoms with Crippen LogP contribution in [-0.4, -0.2) is 41.9 Å². The first kappa shape index (κ1) is 19.6. The maximum atomic E-state index is 13.0. The molecule has 0 spiro atoms. The molecule has 0 atom stereocenters. The Kier molecular flexibility index (Phi) is 6.92. The Morgan fingerprint density at radius 2 is 1.54 bits per heavy atom. The number of carbonyl (C=O) groups excluding carboxylic acids is 1. The SMILES string of the molecule is Cl.O=C(CSCCN1CCCC1)N1c2ccccc2Sc2ccccc21. The number of thioether (sulfide) groups is 1. The highest BCUT2D eigenvalue weighted by Crippen LogP contribution is 2.47. The van der Waals surface area contributed by atoms with Gasteiger partial charge in [0.25, 0.3) is 0 Å². The molecule has 1 fully saturated rings. The monoisotopic (exact) mass is 406 g/mol. The highest BCUT2D eigenvalue weighted by Gasteiger charge is 2.27. The zero-order valence-electron chi connectivity index (χ0n) is 14.6. The Morgan fingerprint density at radius 1 is 0.962 bits per heavy atom. The van der Waals surface area contributed by atoms with E-state index in [9.17, 15) is 4.79 Å². The smallest absolute Gasteiger partial charge is 0.241 e. The molecule has 0 bridgehead atoms. The van der Waals surface area contributed by atoms with Gasteiger partial charge in [0.2, 0.25) is 5.91 Å². The van der Waals surface area contributed by atoms with Crippen molar-refractivity contribution >= 4 is 53.2 Å². The molecule has 4 rings (SSSR count). The van der Waals surface area contributed by atoms with Crippen LogP contribution in [0.1, 0.15) is 12.8 Å². The fourth-order valence-electron chi connectivity index (χ4n) is 3.40. The second-order valence-electron chi connectivity index (χ2n) is 6.37. The average molecular weight is 407 g/mol. The lowest BCUT2D eigenvalue weighted by molar-refractivity contribution is -0.115. The molecule has 2 aliphatic heterocycles. The number of nitrogens with zero attached hydrogens (tertiary/aromatic N) is 2. The van der Waals surface area contributed by atoms with Crippen molar-refractivity contribution in [2.24, 2.45) is 0 Å². The highest BCUT2D eigenvalue weighted by molar-refractivity contribution is 8.00. The van der Waals surface area contributed by atoms with Gasteiger partial charge < -0.3 is 4.90 Å². The number of para-hydroxylation sites is 2. The minimum absolute atomic E-state index is 0. The molecule has 6 heteroatoms. The van der Waals surface area contributed by atoms with Gasteiger partial charge in [0.15, 0.2) is 0 Å². The van der Waals surface area contributed by atoms with Crippen molar-refractivity contribution in [1.29, 1.82) is 0 Å². The molecule has 2 heterocycles. The molecule has 1 amide bonds. The molecule has 0 aliphatic carbocycles. The Balaban J connectivity index is 0.00000196. The van der Waals surface area contributed by atoms with Gasteiger partial charge in [-0.1, -0.05) is 36.0 Å². The number of amides is 1. The van der Waals surface area contributed by atoms with Crippen LogP contribution < -0.4 is 4.90 Å². The summed E-state index contributed by atoms with van der Waals surface area (Å²) in [5, 5.41) is 0. The third-order valence-electron chi connectivity index (χ3n) is 4.66. The van der Waals surface area contributed by atoms with Crippen molar-refractivity contribution in [2.45, 2.75) is 22.6 Å². The molecule has 3 nitrogen and oxygen atoms in total. The molecule has 2 aliphatic rings. The predicted molar refractivity (Wildman–Crippen MR) is 114 cm³/mol. The van der Waals surface area contributed by atoms with E-state index in [1.54, 1.807) is 23.5 Å². The predicted octanol–water partition coefficient (Wildman–Crippen LogP) is 5.07. The Bertz CT molecular complexity index is 719. The van der Waals surface area contributed by atoms with Gasteiger partial charge in [-0.15, -0.1) is 12.4 Å². The van der Waals surface area contributed by atoms with Gasteiger partial charge in [0, 0.05) is 22.1 Å². The maximum absolute atomic E-state index is 13.0. The summed E-state index contributed by atoms with van der Waals surface area (Å²) in [5.41, 5.74) is 2.02. The summed E-state index contributed by atoms with van der Waals surface area (Å²) in [5.74, 6) is 1.73. The van der Waals surface area contributed by atoms with Crippen molar-refractivity contribution in [3.8, 4) is 0 Å². The molecule has 2 aromatic carbocycles. The number of hydrogen-bond donors (Lipinski definition) is 0. The second-order valence-corrected chi connectivity index (χ2v) is 8.56. The summed E-state index contributed by atoms with van der Waals surface area (Å²) in [7, 11) is 0. The number of anilines is 2. The molecule has 26 heavy (non-hydrogen) atoms. The maximum Gasteiger partial charge on any atom is 0.241 e. The van der Waals surface area contributed by atoms with Crippen LogP contribution in [0.4, 0.5) is 11.4 Å². The quantitative estimate of drug-likeness (QED) is 0.647. The molecule has 2 aromatic rings. The van der Waals surface area contributed by atoms with E-state index in [1.165, 1.54) is 25.9 Å². The first-order chi connectivity index (χ1) is 12.3. The topological polar surface area (TPSA) is 23.6 Å². The normalized spacial score (nSPS) is 15.9. The number of carbonyl (C=O) groups is 1. The van der Waals surface area contributed by atoms with Crippen molar-refractivity contribution in [2.75, 3.05) is 36.0 Å². The van der Waals surface area contributed by atoms with Gasteiger partial charge >= 0.3 is 0 Å². The van der Waals surface area contributed by atoms with E-state index in [4.69, 9.17) is 0 Å². The van der Waals surface area contributed by atoms with Crippen LogP contribution in [0.5, 0.6) is 0 Å². The summed E-state index contributed by atoms with van der Waals surface area (Å²) >= 11 is 3.49. The number of benzene rings is 2. The van der Waals surface area contributed by atoms with Crippen molar-refractivity contribution in [1.82, 2.24) is 4.90 Å². The van der Waals surface area contributed by atoms with Gasteiger partial charge in [0.05, 0.1) is 17.1 Å². The lowest BCUT2D eigenvalue weighted by Gasteiger charge is -2.31. The first-order valence-corrected chi connectivity index (χ1v) is 10.8. The summed E-state index contributed by atoms with van der Waals surface area (Å²) in [6.45, 7) is 3.54. The van der Waals surface area contributed by atoms with E-state index in [0.29, 0.717) is 5.75 Å². The lowest BCUT2D eigenvalue weighted by Crippen LogP contribution is -2.30. The molecular weight excluding hydrogens is 384 g/mol. The summed E-state index contributed by atoms with van der Waals surface area (Å²) in [6.07, 6.45) is 2.64. The van der Waals surface area contributed by atoms with E-state index in [2.05, 4.69) is 17.0 Å². The van der Waals surface area contributed by atoms with Crippen LogP contribution in [0, 0.1) is 0 Å². The van der Waals surface area contributed by atoms with Crippen LogP contribution in [0.25, 0.3) is 0 Å². The van der Waals surface area contributed by atoms with Gasteiger partial charge in [-0.25, -0.2) is 0 Å². The minimum atomic E-state index is 0. The number of halogens is 1. The van der Waals surface area contributed by atoms with Gasteiger partial charge in [0.1, 0.15) is 0 Å². The summed E-state index contributed by atoms with van der Waals surface area (Å²) < 4.78 is 0. The molecule has 0 saturated carbocycles. The lowest BCUT2D eigenvalue weighted by atomic mass is 10.2. The van der Waals surface area contributed by atoms with Crippen molar-refractivity contribution < 1.29 is 4.79 Å². The molecule has 1 saturated heterocycles. The van der Waals surface area contributed by atoms with Gasteiger partial charge in [-0.05, 0) is 50.2 Å². The Hall–Kier alpha value is -1.14. The third kappa shape index (κ3) is 4.22. The van der Waals surface area contributed by atoms with E-state index < -0.39 is 0 Å². The average Bonchev–Trinajstić information content (AvgIpc) is 3.16. The number of hydrogen-bond acceptors (Lipinski definition) is 4.